The maximum atomic E-state index is 10.1. The number of aliphatic hydroxyl groups is 1. The van der Waals surface area contributed by atoms with Crippen molar-refractivity contribution in [2.45, 2.75) is 26.2 Å². The zero-order chi connectivity index (χ0) is 18.2. The fourth-order valence-electron chi connectivity index (χ4n) is 2.69. The van der Waals surface area contributed by atoms with Crippen molar-refractivity contribution in [3.05, 3.63) is 47.4 Å². The van der Waals surface area contributed by atoms with Gasteiger partial charge in [0.25, 0.3) is 0 Å². The van der Waals surface area contributed by atoms with Crippen molar-refractivity contribution in [3.8, 4) is 11.5 Å². The summed E-state index contributed by atoms with van der Waals surface area (Å²) in [5.74, 6) is 3.18. The Balaban J connectivity index is 1.73. The van der Waals surface area contributed by atoms with Crippen LogP contribution in [0.2, 0.25) is 0 Å². The second kappa shape index (κ2) is 9.46. The highest BCUT2D eigenvalue weighted by Gasteiger charge is 2.14. The second-order valence-electron chi connectivity index (χ2n) is 6.21. The highest BCUT2D eigenvalue weighted by atomic mass is 16.5. The normalized spacial score (nSPS) is 13.5. The number of ether oxygens (including phenoxy) is 3. The van der Waals surface area contributed by atoms with Crippen LogP contribution < -0.4 is 14.4 Å². The summed E-state index contributed by atoms with van der Waals surface area (Å²) in [6.45, 7) is 3.94. The molecule has 2 rings (SSSR count). The topological polar surface area (TPSA) is 65.5 Å². The molecule has 0 aliphatic carbocycles. The molecule has 6 heteroatoms. The monoisotopic (exact) mass is 350 g/mol. The molecule has 138 valence electrons. The van der Waals surface area contributed by atoms with Gasteiger partial charge in [0.1, 0.15) is 25.0 Å². The van der Waals surface area contributed by atoms with Gasteiger partial charge in [0.05, 0.1) is 34.5 Å². The van der Waals surface area contributed by atoms with Crippen LogP contribution >= 0.6 is 0 Å². The van der Waals surface area contributed by atoms with Crippen LogP contribution in [-0.2, 0) is 17.9 Å². The Morgan fingerprint density at radius 1 is 1.12 bits per heavy atom. The first-order valence-corrected chi connectivity index (χ1v) is 8.35. The Labute approximate surface area is 148 Å². The number of hydrogen-bond donors (Lipinski definition) is 2. The van der Waals surface area contributed by atoms with Gasteiger partial charge in [-0.3, -0.25) is 0 Å². The molecule has 2 N–H and O–H groups in total. The minimum absolute atomic E-state index is 0.281. The van der Waals surface area contributed by atoms with Gasteiger partial charge in [-0.2, -0.15) is 0 Å². The Kier molecular flexibility index (Phi) is 7.31. The van der Waals surface area contributed by atoms with Crippen molar-refractivity contribution in [1.29, 1.82) is 0 Å². The van der Waals surface area contributed by atoms with Crippen LogP contribution in [0, 0.1) is 6.92 Å². The first-order valence-electron chi connectivity index (χ1n) is 8.35. The van der Waals surface area contributed by atoms with Crippen LogP contribution in [0.25, 0.3) is 0 Å². The number of aliphatic hydroxyl groups excluding tert-OH is 1. The Morgan fingerprint density at radius 2 is 1.88 bits per heavy atom. The van der Waals surface area contributed by atoms with Crippen LogP contribution in [0.1, 0.15) is 17.1 Å². The molecule has 2 aromatic rings. The number of hydrogen-bond acceptors (Lipinski definition) is 5. The summed E-state index contributed by atoms with van der Waals surface area (Å²) in [6.07, 6.45) is -0.531. The number of furan rings is 1. The lowest BCUT2D eigenvalue weighted by Crippen LogP contribution is -3.08. The number of benzene rings is 1. The average Bonchev–Trinajstić information content (AvgIpc) is 2.99. The van der Waals surface area contributed by atoms with E-state index in [-0.39, 0.29) is 6.61 Å². The first kappa shape index (κ1) is 19.3. The number of aryl methyl sites for hydroxylation is 1. The molecule has 0 saturated heterocycles. The number of nitrogens with one attached hydrogen (secondary N) is 1. The largest absolute Gasteiger partial charge is 0.493 e. The molecule has 1 unspecified atom stereocenters. The van der Waals surface area contributed by atoms with Gasteiger partial charge in [-0.25, -0.2) is 0 Å². The fraction of sp³-hybridized carbons (Fsp3) is 0.474. The molecule has 1 heterocycles. The maximum Gasteiger partial charge on any atom is 0.161 e. The van der Waals surface area contributed by atoms with Crippen LogP contribution in [0.15, 0.2) is 34.7 Å². The lowest BCUT2D eigenvalue weighted by Gasteiger charge is -2.17. The van der Waals surface area contributed by atoms with Gasteiger partial charge < -0.3 is 28.6 Å². The minimum Gasteiger partial charge on any atom is -0.493 e. The third kappa shape index (κ3) is 6.08. The molecule has 0 amide bonds. The summed E-state index contributed by atoms with van der Waals surface area (Å²) in [5.41, 5.74) is 0.969. The van der Waals surface area contributed by atoms with Crippen molar-refractivity contribution in [3.63, 3.8) is 0 Å². The van der Waals surface area contributed by atoms with E-state index in [0.29, 0.717) is 24.7 Å². The number of rotatable bonds is 10. The second-order valence-corrected chi connectivity index (χ2v) is 6.21. The molecule has 0 radical (unpaired) electrons. The summed E-state index contributed by atoms with van der Waals surface area (Å²) in [4.78, 5) is 1.16. The molecule has 2 atom stereocenters. The SMILES string of the molecule is COc1ccc(COC[C@@H](O)C[NH+](C)Cc2ccc(C)o2)cc1OC. The predicted molar refractivity (Wildman–Crippen MR) is 94.1 cm³/mol. The third-order valence-corrected chi connectivity index (χ3v) is 3.88. The average molecular weight is 350 g/mol. The van der Waals surface area contributed by atoms with Gasteiger partial charge in [-0.1, -0.05) is 6.07 Å². The molecular formula is C19H28NO5+. The van der Waals surface area contributed by atoms with Crippen molar-refractivity contribution in [2.24, 2.45) is 0 Å². The zero-order valence-corrected chi connectivity index (χ0v) is 15.4. The molecule has 0 aliphatic rings. The molecule has 25 heavy (non-hydrogen) atoms. The Hall–Kier alpha value is -2.02. The van der Waals surface area contributed by atoms with Gasteiger partial charge in [-0.15, -0.1) is 0 Å². The van der Waals surface area contributed by atoms with E-state index in [2.05, 4.69) is 0 Å². The molecule has 0 saturated carbocycles. The van der Waals surface area contributed by atoms with E-state index in [4.69, 9.17) is 18.6 Å². The van der Waals surface area contributed by atoms with Crippen LogP contribution in [0.4, 0.5) is 0 Å². The van der Waals surface area contributed by atoms with Crippen LogP contribution in [0.5, 0.6) is 11.5 Å². The van der Waals surface area contributed by atoms with E-state index in [1.54, 1.807) is 14.2 Å². The highest BCUT2D eigenvalue weighted by Crippen LogP contribution is 2.27. The molecule has 0 fully saturated rings. The Morgan fingerprint density at radius 3 is 2.52 bits per heavy atom. The van der Waals surface area contributed by atoms with E-state index in [0.717, 1.165) is 28.5 Å². The number of quaternary nitrogens is 1. The predicted octanol–water partition coefficient (Wildman–Crippen LogP) is 1.20. The van der Waals surface area contributed by atoms with Gasteiger partial charge in [0.2, 0.25) is 0 Å². The number of methoxy groups -OCH3 is 2. The van der Waals surface area contributed by atoms with Crippen LogP contribution in [-0.4, -0.2) is 45.6 Å². The third-order valence-electron chi connectivity index (χ3n) is 3.88. The first-order chi connectivity index (χ1) is 12.0. The van der Waals surface area contributed by atoms with Crippen LogP contribution in [0.3, 0.4) is 0 Å². The zero-order valence-electron chi connectivity index (χ0n) is 15.4. The van der Waals surface area contributed by atoms with Crippen molar-refractivity contribution < 1.29 is 28.6 Å². The van der Waals surface area contributed by atoms with Gasteiger partial charge in [-0.05, 0) is 36.8 Å². The van der Waals surface area contributed by atoms with E-state index in [1.807, 2.05) is 44.3 Å². The summed E-state index contributed by atoms with van der Waals surface area (Å²) in [5, 5.41) is 10.1. The lowest BCUT2D eigenvalue weighted by molar-refractivity contribution is -0.898. The van der Waals surface area contributed by atoms with E-state index >= 15 is 0 Å². The summed E-state index contributed by atoms with van der Waals surface area (Å²) < 4.78 is 21.7. The van der Waals surface area contributed by atoms with Gasteiger partial charge >= 0.3 is 0 Å². The highest BCUT2D eigenvalue weighted by molar-refractivity contribution is 5.42. The van der Waals surface area contributed by atoms with Gasteiger partial charge in [0, 0.05) is 0 Å². The van der Waals surface area contributed by atoms with Crippen molar-refractivity contribution in [2.75, 3.05) is 34.4 Å². The van der Waals surface area contributed by atoms with Crippen molar-refractivity contribution in [1.82, 2.24) is 0 Å². The molecule has 0 bridgehead atoms. The molecule has 6 nitrogen and oxygen atoms in total. The summed E-state index contributed by atoms with van der Waals surface area (Å²) >= 11 is 0. The van der Waals surface area contributed by atoms with E-state index < -0.39 is 6.10 Å². The number of likely N-dealkylation sites (N-methyl/N-ethyl adjacent to an activating group) is 1. The summed E-state index contributed by atoms with van der Waals surface area (Å²) in [7, 11) is 5.23. The fourth-order valence-corrected chi connectivity index (χ4v) is 2.69. The maximum absolute atomic E-state index is 10.1. The van der Waals surface area contributed by atoms with Gasteiger partial charge in [0.15, 0.2) is 17.3 Å². The van der Waals surface area contributed by atoms with E-state index in [1.165, 1.54) is 0 Å². The lowest BCUT2D eigenvalue weighted by atomic mass is 10.2. The molecular weight excluding hydrogens is 322 g/mol. The van der Waals surface area contributed by atoms with Crippen molar-refractivity contribution >= 4 is 0 Å². The minimum atomic E-state index is -0.531. The van der Waals surface area contributed by atoms with E-state index in [9.17, 15) is 5.11 Å². The smallest absolute Gasteiger partial charge is 0.161 e. The molecule has 0 aliphatic heterocycles. The quantitative estimate of drug-likeness (QED) is 0.674. The summed E-state index contributed by atoms with van der Waals surface area (Å²) in [6, 6.07) is 9.56. The molecule has 0 spiro atoms. The Bertz CT molecular complexity index is 655. The molecule has 1 aromatic carbocycles. The standard InChI is InChI=1S/C19H27NO5/c1-14-5-7-17(25-14)11-20(2)10-16(21)13-24-12-15-6-8-18(22-3)19(9-15)23-4/h5-9,16,21H,10-13H2,1-4H3/p+1/t16-/m0/s1. The molecule has 1 aromatic heterocycles.